The molecule has 0 aliphatic carbocycles. The second-order valence-electron chi connectivity index (χ2n) is 8.45. The van der Waals surface area contributed by atoms with Crippen molar-refractivity contribution in [1.29, 1.82) is 0 Å². The van der Waals surface area contributed by atoms with E-state index in [2.05, 4.69) is 10.3 Å². The van der Waals surface area contributed by atoms with Crippen LogP contribution >= 0.6 is 11.3 Å². The fraction of sp³-hybridized carbons (Fsp3) is 0.476. The zero-order chi connectivity index (χ0) is 22.1. The molecule has 30 heavy (non-hydrogen) atoms. The summed E-state index contributed by atoms with van der Waals surface area (Å²) in [6.45, 7) is 6.54. The second-order valence-corrected chi connectivity index (χ2v) is 9.30. The summed E-state index contributed by atoms with van der Waals surface area (Å²) in [5.74, 6) is -0.557. The highest BCUT2D eigenvalue weighted by Crippen LogP contribution is 2.33. The predicted molar refractivity (Wildman–Crippen MR) is 110 cm³/mol. The number of hydrogen-bond acceptors (Lipinski definition) is 4. The first-order valence-electron chi connectivity index (χ1n) is 9.68. The van der Waals surface area contributed by atoms with Crippen LogP contribution in [-0.4, -0.2) is 34.8 Å². The van der Waals surface area contributed by atoms with Gasteiger partial charge in [-0.25, -0.2) is 4.98 Å². The maximum absolute atomic E-state index is 12.9. The van der Waals surface area contributed by atoms with Crippen LogP contribution in [0.2, 0.25) is 0 Å². The number of thiazole rings is 1. The van der Waals surface area contributed by atoms with Gasteiger partial charge in [-0.2, -0.15) is 13.2 Å². The topological polar surface area (TPSA) is 62.3 Å². The highest BCUT2D eigenvalue weighted by atomic mass is 32.1. The molecular formula is C21H24F3N3O2S. The first kappa shape index (κ1) is 22.3. The minimum absolute atomic E-state index is 0.0149. The predicted octanol–water partition coefficient (Wildman–Crippen LogP) is 5.05. The van der Waals surface area contributed by atoms with Crippen LogP contribution in [0.1, 0.15) is 39.2 Å². The number of halogens is 3. The quantitative estimate of drug-likeness (QED) is 0.728. The van der Waals surface area contributed by atoms with E-state index in [4.69, 9.17) is 0 Å². The van der Waals surface area contributed by atoms with Gasteiger partial charge in [-0.05, 0) is 25.0 Å². The number of rotatable bonds is 3. The molecule has 1 aliphatic rings. The Hall–Kier alpha value is -2.42. The number of amides is 2. The first-order valence-corrected chi connectivity index (χ1v) is 10.6. The molecule has 2 aromatic rings. The smallest absolute Gasteiger partial charge is 0.341 e. The zero-order valence-electron chi connectivity index (χ0n) is 17.0. The van der Waals surface area contributed by atoms with Gasteiger partial charge in [-0.1, -0.05) is 32.9 Å². The SMILES string of the molecule is CC(C)(C)C(=O)N1CCCC(C(=O)Nc2nc(-c3cccc(C(F)(F)F)c3)cs2)C1. The molecule has 0 spiro atoms. The van der Waals surface area contributed by atoms with E-state index in [1.54, 1.807) is 16.3 Å². The van der Waals surface area contributed by atoms with E-state index >= 15 is 0 Å². The number of benzene rings is 1. The Balaban J connectivity index is 1.67. The number of nitrogens with zero attached hydrogens (tertiary/aromatic N) is 2. The normalized spacial score (nSPS) is 17.7. The van der Waals surface area contributed by atoms with Crippen LogP contribution in [0.5, 0.6) is 0 Å². The van der Waals surface area contributed by atoms with Crippen molar-refractivity contribution in [3.63, 3.8) is 0 Å². The molecule has 1 aromatic heterocycles. The van der Waals surface area contributed by atoms with Crippen molar-refractivity contribution in [1.82, 2.24) is 9.88 Å². The molecule has 0 radical (unpaired) electrons. The van der Waals surface area contributed by atoms with Gasteiger partial charge in [0.2, 0.25) is 11.8 Å². The van der Waals surface area contributed by atoms with Crippen LogP contribution in [0.4, 0.5) is 18.3 Å². The summed E-state index contributed by atoms with van der Waals surface area (Å²) < 4.78 is 38.8. The summed E-state index contributed by atoms with van der Waals surface area (Å²) in [6, 6.07) is 4.93. The lowest BCUT2D eigenvalue weighted by Crippen LogP contribution is -2.47. The average Bonchev–Trinajstić information content (AvgIpc) is 3.14. The second kappa shape index (κ2) is 8.37. The van der Waals surface area contributed by atoms with Gasteiger partial charge in [0.05, 0.1) is 17.2 Å². The summed E-state index contributed by atoms with van der Waals surface area (Å²) in [7, 11) is 0. The minimum Gasteiger partial charge on any atom is -0.341 e. The molecule has 1 aliphatic heterocycles. The molecule has 5 nitrogen and oxygen atoms in total. The molecule has 1 atom stereocenters. The van der Waals surface area contributed by atoms with E-state index < -0.39 is 17.2 Å². The van der Waals surface area contributed by atoms with Crippen LogP contribution < -0.4 is 5.32 Å². The molecule has 162 valence electrons. The number of carbonyl (C=O) groups excluding carboxylic acids is 2. The van der Waals surface area contributed by atoms with E-state index in [1.165, 1.54) is 6.07 Å². The minimum atomic E-state index is -4.43. The molecule has 2 amide bonds. The van der Waals surface area contributed by atoms with Gasteiger partial charge in [0, 0.05) is 29.4 Å². The molecule has 1 unspecified atom stereocenters. The Morgan fingerprint density at radius 1 is 1.23 bits per heavy atom. The maximum Gasteiger partial charge on any atom is 0.416 e. The third-order valence-corrected chi connectivity index (χ3v) is 5.70. The summed E-state index contributed by atoms with van der Waals surface area (Å²) in [5, 5.41) is 4.69. The van der Waals surface area contributed by atoms with Crippen molar-refractivity contribution in [2.24, 2.45) is 11.3 Å². The fourth-order valence-electron chi connectivity index (χ4n) is 3.38. The van der Waals surface area contributed by atoms with Crippen LogP contribution in [0, 0.1) is 11.3 Å². The van der Waals surface area contributed by atoms with Crippen molar-refractivity contribution in [2.45, 2.75) is 39.8 Å². The first-order chi connectivity index (χ1) is 13.9. The molecular weight excluding hydrogens is 415 g/mol. The highest BCUT2D eigenvalue weighted by molar-refractivity contribution is 7.14. The molecule has 0 bridgehead atoms. The molecule has 3 rings (SSSR count). The lowest BCUT2D eigenvalue weighted by molar-refractivity contribution is -0.142. The standard InChI is InChI=1S/C21H24F3N3O2S/c1-20(2,3)18(29)27-9-5-7-14(11-27)17(28)26-19-25-16(12-30-19)13-6-4-8-15(10-13)21(22,23)24/h4,6,8,10,12,14H,5,7,9,11H2,1-3H3,(H,25,26,28). The van der Waals surface area contributed by atoms with E-state index in [9.17, 15) is 22.8 Å². The van der Waals surface area contributed by atoms with Crippen molar-refractivity contribution >= 4 is 28.3 Å². The van der Waals surface area contributed by atoms with Crippen LogP contribution in [0.3, 0.4) is 0 Å². The van der Waals surface area contributed by atoms with E-state index in [0.717, 1.165) is 29.9 Å². The number of anilines is 1. The molecule has 9 heteroatoms. The van der Waals surface area contributed by atoms with Gasteiger partial charge in [0.1, 0.15) is 0 Å². The molecule has 1 saturated heterocycles. The summed E-state index contributed by atoms with van der Waals surface area (Å²) in [5.41, 5.74) is -0.548. The van der Waals surface area contributed by atoms with Crippen molar-refractivity contribution in [2.75, 3.05) is 18.4 Å². The van der Waals surface area contributed by atoms with Crippen molar-refractivity contribution in [3.05, 3.63) is 35.2 Å². The number of nitrogens with one attached hydrogen (secondary N) is 1. The lowest BCUT2D eigenvalue weighted by atomic mass is 9.91. The Bertz CT molecular complexity index is 934. The fourth-order valence-corrected chi connectivity index (χ4v) is 4.10. The van der Waals surface area contributed by atoms with Crippen LogP contribution in [0.25, 0.3) is 11.3 Å². The van der Waals surface area contributed by atoms with Gasteiger partial charge in [0.25, 0.3) is 0 Å². The van der Waals surface area contributed by atoms with E-state index in [-0.39, 0.29) is 17.7 Å². The Morgan fingerprint density at radius 2 is 1.97 bits per heavy atom. The number of alkyl halides is 3. The van der Waals surface area contributed by atoms with Crippen LogP contribution in [0.15, 0.2) is 29.6 Å². The van der Waals surface area contributed by atoms with Crippen LogP contribution in [-0.2, 0) is 15.8 Å². The zero-order valence-corrected chi connectivity index (χ0v) is 17.9. The number of aromatic nitrogens is 1. The van der Waals surface area contributed by atoms with Crippen molar-refractivity contribution < 1.29 is 22.8 Å². The summed E-state index contributed by atoms with van der Waals surface area (Å²) in [6.07, 6.45) is -3.01. The third kappa shape index (κ3) is 5.19. The van der Waals surface area contributed by atoms with E-state index in [1.807, 2.05) is 20.8 Å². The molecule has 0 saturated carbocycles. The summed E-state index contributed by atoms with van der Waals surface area (Å²) >= 11 is 1.16. The summed E-state index contributed by atoms with van der Waals surface area (Å²) in [4.78, 5) is 31.2. The highest BCUT2D eigenvalue weighted by Gasteiger charge is 2.34. The van der Waals surface area contributed by atoms with Crippen molar-refractivity contribution in [3.8, 4) is 11.3 Å². The number of piperidine rings is 1. The average molecular weight is 440 g/mol. The number of hydrogen-bond donors (Lipinski definition) is 1. The van der Waals surface area contributed by atoms with E-state index in [0.29, 0.717) is 35.9 Å². The number of likely N-dealkylation sites (tertiary alicyclic amines) is 1. The number of carbonyl (C=O) groups is 2. The Kier molecular flexibility index (Phi) is 6.21. The Morgan fingerprint density at radius 3 is 2.63 bits per heavy atom. The van der Waals surface area contributed by atoms with Gasteiger partial charge in [-0.3, -0.25) is 9.59 Å². The third-order valence-electron chi connectivity index (χ3n) is 4.94. The molecule has 1 N–H and O–H groups in total. The van der Waals surface area contributed by atoms with Gasteiger partial charge < -0.3 is 10.2 Å². The van der Waals surface area contributed by atoms with Gasteiger partial charge >= 0.3 is 6.18 Å². The maximum atomic E-state index is 12.9. The monoisotopic (exact) mass is 439 g/mol. The molecule has 1 fully saturated rings. The lowest BCUT2D eigenvalue weighted by Gasteiger charge is -2.35. The van der Waals surface area contributed by atoms with Gasteiger partial charge in [0.15, 0.2) is 5.13 Å². The van der Waals surface area contributed by atoms with Gasteiger partial charge in [-0.15, -0.1) is 11.3 Å². The Labute approximate surface area is 177 Å². The molecule has 1 aromatic carbocycles. The largest absolute Gasteiger partial charge is 0.416 e. The molecule has 2 heterocycles.